The van der Waals surface area contributed by atoms with Crippen molar-refractivity contribution in [1.82, 2.24) is 4.98 Å². The molecule has 0 spiro atoms. The van der Waals surface area contributed by atoms with Gasteiger partial charge in [0.2, 0.25) is 5.90 Å². The first-order valence-electron chi connectivity index (χ1n) is 4.07. The smallest absolute Gasteiger partial charge is 0.220 e. The van der Waals surface area contributed by atoms with E-state index in [1.807, 2.05) is 6.07 Å². The number of hydrogen-bond donors (Lipinski definition) is 0. The van der Waals surface area contributed by atoms with E-state index in [1.165, 1.54) is 0 Å². The summed E-state index contributed by atoms with van der Waals surface area (Å²) < 4.78 is 10.5. The Hall–Kier alpha value is -1.58. The van der Waals surface area contributed by atoms with E-state index >= 15 is 0 Å². The van der Waals surface area contributed by atoms with E-state index in [0.717, 1.165) is 12.1 Å². The molecule has 0 saturated carbocycles. The maximum atomic E-state index is 5.32. The van der Waals surface area contributed by atoms with E-state index in [1.54, 1.807) is 19.5 Å². The topological polar surface area (TPSA) is 43.7 Å². The van der Waals surface area contributed by atoms with Gasteiger partial charge in [0, 0.05) is 6.20 Å². The van der Waals surface area contributed by atoms with E-state index in [9.17, 15) is 0 Å². The van der Waals surface area contributed by atoms with Crippen LogP contribution in [-0.2, 0) is 4.74 Å². The maximum absolute atomic E-state index is 5.32. The number of ether oxygens (including phenoxy) is 2. The van der Waals surface area contributed by atoms with Gasteiger partial charge in [-0.3, -0.25) is 4.98 Å². The number of aromatic nitrogens is 1. The zero-order valence-corrected chi connectivity index (χ0v) is 7.36. The van der Waals surface area contributed by atoms with Crippen LogP contribution in [0, 0.1) is 0 Å². The Morgan fingerprint density at radius 3 is 3.15 bits per heavy atom. The van der Waals surface area contributed by atoms with Crippen LogP contribution in [0.15, 0.2) is 23.5 Å². The van der Waals surface area contributed by atoms with E-state index in [2.05, 4.69) is 9.98 Å². The summed E-state index contributed by atoms with van der Waals surface area (Å²) in [6.45, 7) is 1.38. The summed E-state index contributed by atoms with van der Waals surface area (Å²) in [6, 6.07) is 1.84. The fourth-order valence-electron chi connectivity index (χ4n) is 1.22. The Balaban J connectivity index is 2.38. The molecule has 13 heavy (non-hydrogen) atoms. The van der Waals surface area contributed by atoms with Gasteiger partial charge in [0.1, 0.15) is 12.4 Å². The molecule has 0 radical (unpaired) electrons. The predicted molar refractivity (Wildman–Crippen MR) is 48.1 cm³/mol. The standard InChI is InChI=1S/C9H10N2O2/c1-12-8-6-10-3-2-7(8)9-11-4-5-13-9/h2-3,6H,4-5H2,1H3. The summed E-state index contributed by atoms with van der Waals surface area (Å²) in [5, 5.41) is 0. The second-order valence-corrected chi connectivity index (χ2v) is 2.61. The number of rotatable bonds is 2. The van der Waals surface area contributed by atoms with E-state index < -0.39 is 0 Å². The van der Waals surface area contributed by atoms with Crippen molar-refractivity contribution in [2.24, 2.45) is 4.99 Å². The van der Waals surface area contributed by atoms with Crippen molar-refractivity contribution >= 4 is 5.90 Å². The summed E-state index contributed by atoms with van der Waals surface area (Å²) in [5.74, 6) is 1.35. The lowest BCUT2D eigenvalue weighted by Gasteiger charge is -2.06. The summed E-state index contributed by atoms with van der Waals surface area (Å²) >= 11 is 0. The Kier molecular flexibility index (Phi) is 2.12. The first kappa shape index (κ1) is 8.04. The van der Waals surface area contributed by atoms with Gasteiger partial charge < -0.3 is 9.47 Å². The highest BCUT2D eigenvalue weighted by Gasteiger charge is 2.14. The molecular weight excluding hydrogens is 168 g/mol. The van der Waals surface area contributed by atoms with Gasteiger partial charge in [-0.1, -0.05) is 0 Å². The number of hydrogen-bond acceptors (Lipinski definition) is 4. The summed E-state index contributed by atoms with van der Waals surface area (Å²) in [7, 11) is 1.61. The van der Waals surface area contributed by atoms with E-state index in [4.69, 9.17) is 9.47 Å². The minimum Gasteiger partial charge on any atom is -0.494 e. The van der Waals surface area contributed by atoms with Crippen molar-refractivity contribution < 1.29 is 9.47 Å². The summed E-state index contributed by atoms with van der Waals surface area (Å²) in [4.78, 5) is 8.15. The SMILES string of the molecule is COc1cnccc1C1=NCCO1. The number of methoxy groups -OCH3 is 1. The minimum absolute atomic E-state index is 0.652. The lowest BCUT2D eigenvalue weighted by molar-refractivity contribution is 0.345. The lowest BCUT2D eigenvalue weighted by atomic mass is 10.2. The molecule has 1 aromatic rings. The highest BCUT2D eigenvalue weighted by molar-refractivity contribution is 5.97. The fraction of sp³-hybridized carbons (Fsp3) is 0.333. The molecule has 2 heterocycles. The molecule has 68 valence electrons. The summed E-state index contributed by atoms with van der Waals surface area (Å²) in [6.07, 6.45) is 3.35. The van der Waals surface area contributed by atoms with Crippen LogP contribution in [0.5, 0.6) is 5.75 Å². The molecule has 4 heteroatoms. The Labute approximate surface area is 76.2 Å². The predicted octanol–water partition coefficient (Wildman–Crippen LogP) is 0.867. The van der Waals surface area contributed by atoms with Crippen LogP contribution >= 0.6 is 0 Å². The number of nitrogens with zero attached hydrogens (tertiary/aromatic N) is 2. The molecule has 1 aliphatic heterocycles. The lowest BCUT2D eigenvalue weighted by Crippen LogP contribution is -2.03. The Morgan fingerprint density at radius 1 is 1.54 bits per heavy atom. The molecule has 0 saturated heterocycles. The van der Waals surface area contributed by atoms with Crippen molar-refractivity contribution in [1.29, 1.82) is 0 Å². The Bertz CT molecular complexity index is 336. The average Bonchev–Trinajstić information content (AvgIpc) is 2.70. The zero-order chi connectivity index (χ0) is 9.10. The Morgan fingerprint density at radius 2 is 2.46 bits per heavy atom. The van der Waals surface area contributed by atoms with Gasteiger partial charge in [-0.15, -0.1) is 0 Å². The molecule has 1 aliphatic rings. The molecular formula is C9H10N2O2. The van der Waals surface area contributed by atoms with E-state index in [0.29, 0.717) is 18.3 Å². The molecule has 0 fully saturated rings. The second kappa shape index (κ2) is 3.43. The van der Waals surface area contributed by atoms with Crippen LogP contribution in [0.1, 0.15) is 5.56 Å². The van der Waals surface area contributed by atoms with Crippen molar-refractivity contribution in [2.75, 3.05) is 20.3 Å². The zero-order valence-electron chi connectivity index (χ0n) is 7.36. The first-order chi connectivity index (χ1) is 6.42. The highest BCUT2D eigenvalue weighted by atomic mass is 16.5. The minimum atomic E-state index is 0.652. The molecule has 0 N–H and O–H groups in total. The molecule has 0 bridgehead atoms. The number of aliphatic imine (C=N–C) groups is 1. The van der Waals surface area contributed by atoms with Crippen LogP contribution in [-0.4, -0.2) is 31.1 Å². The monoisotopic (exact) mass is 178 g/mol. The van der Waals surface area contributed by atoms with Crippen molar-refractivity contribution in [2.45, 2.75) is 0 Å². The molecule has 0 aromatic carbocycles. The van der Waals surface area contributed by atoms with Gasteiger partial charge >= 0.3 is 0 Å². The second-order valence-electron chi connectivity index (χ2n) is 2.61. The maximum Gasteiger partial charge on any atom is 0.220 e. The third-order valence-corrected chi connectivity index (χ3v) is 1.82. The molecule has 2 rings (SSSR count). The molecule has 0 aliphatic carbocycles. The van der Waals surface area contributed by atoms with Gasteiger partial charge in [0.05, 0.1) is 25.4 Å². The highest BCUT2D eigenvalue weighted by Crippen LogP contribution is 2.18. The van der Waals surface area contributed by atoms with Gasteiger partial charge in [-0.05, 0) is 6.07 Å². The number of pyridine rings is 1. The largest absolute Gasteiger partial charge is 0.494 e. The van der Waals surface area contributed by atoms with Gasteiger partial charge in [0.15, 0.2) is 0 Å². The van der Waals surface area contributed by atoms with Gasteiger partial charge in [-0.25, -0.2) is 4.99 Å². The first-order valence-corrected chi connectivity index (χ1v) is 4.07. The molecule has 0 atom stereocenters. The van der Waals surface area contributed by atoms with Gasteiger partial charge in [0.25, 0.3) is 0 Å². The van der Waals surface area contributed by atoms with Crippen LogP contribution in [0.2, 0.25) is 0 Å². The third-order valence-electron chi connectivity index (χ3n) is 1.82. The summed E-state index contributed by atoms with van der Waals surface area (Å²) in [5.41, 5.74) is 0.870. The van der Waals surface area contributed by atoms with E-state index in [-0.39, 0.29) is 0 Å². The molecule has 0 unspecified atom stereocenters. The van der Waals surface area contributed by atoms with Crippen LogP contribution in [0.4, 0.5) is 0 Å². The van der Waals surface area contributed by atoms with Crippen LogP contribution in [0.3, 0.4) is 0 Å². The quantitative estimate of drug-likeness (QED) is 0.674. The van der Waals surface area contributed by atoms with Crippen LogP contribution in [0.25, 0.3) is 0 Å². The van der Waals surface area contributed by atoms with Crippen molar-refractivity contribution in [3.63, 3.8) is 0 Å². The normalized spacial score (nSPS) is 15.0. The molecule has 1 aromatic heterocycles. The molecule has 0 amide bonds. The van der Waals surface area contributed by atoms with Crippen molar-refractivity contribution in [3.8, 4) is 5.75 Å². The average molecular weight is 178 g/mol. The van der Waals surface area contributed by atoms with Crippen LogP contribution < -0.4 is 4.74 Å². The van der Waals surface area contributed by atoms with Gasteiger partial charge in [-0.2, -0.15) is 0 Å². The fourth-order valence-corrected chi connectivity index (χ4v) is 1.22. The molecule has 4 nitrogen and oxygen atoms in total. The third kappa shape index (κ3) is 1.47. The van der Waals surface area contributed by atoms with Crippen molar-refractivity contribution in [3.05, 3.63) is 24.0 Å².